The van der Waals surface area contributed by atoms with Crippen LogP contribution in [0.25, 0.3) is 0 Å². The smallest absolute Gasteiger partial charge is 0.295 e. The highest BCUT2D eigenvalue weighted by Crippen LogP contribution is 2.29. The maximum absolute atomic E-state index is 12.3. The molecular weight excluding hydrogens is 283 g/mol. The van der Waals surface area contributed by atoms with Gasteiger partial charge in [0, 0.05) is 11.9 Å². The number of rotatable bonds is 5. The van der Waals surface area contributed by atoms with Crippen LogP contribution in [0.5, 0.6) is 0 Å². The fourth-order valence-electron chi connectivity index (χ4n) is 1.42. The molecule has 16 heavy (non-hydrogen) atoms. The number of hydrogen-bond donors (Lipinski definition) is 0. The van der Waals surface area contributed by atoms with Crippen molar-refractivity contribution in [2.24, 2.45) is 11.3 Å². The third-order valence-corrected chi connectivity index (χ3v) is 3.52. The number of halogens is 4. The third-order valence-electron chi connectivity index (χ3n) is 2.74. The normalized spacial score (nSPS) is 15.6. The Hall–Kier alpha value is 0.230. The Morgan fingerprint density at radius 1 is 1.19 bits per heavy atom. The van der Waals surface area contributed by atoms with E-state index in [1.807, 2.05) is 0 Å². The molecule has 0 heterocycles. The molecule has 0 rings (SSSR count). The lowest BCUT2D eigenvalue weighted by molar-refractivity contribution is -0.147. The third kappa shape index (κ3) is 6.74. The molecule has 0 aromatic rings. The van der Waals surface area contributed by atoms with Crippen LogP contribution in [0.2, 0.25) is 0 Å². The predicted octanol–water partition coefficient (Wildman–Crippen LogP) is 3.93. The molecule has 0 saturated carbocycles. The van der Waals surface area contributed by atoms with E-state index >= 15 is 0 Å². The van der Waals surface area contributed by atoms with Crippen molar-refractivity contribution in [1.82, 2.24) is 4.90 Å². The van der Waals surface area contributed by atoms with Crippen LogP contribution >= 0.6 is 15.9 Å². The molecule has 5 heteroatoms. The van der Waals surface area contributed by atoms with Crippen LogP contribution in [-0.2, 0) is 0 Å². The molecule has 0 aromatic carbocycles. The zero-order valence-corrected chi connectivity index (χ0v) is 12.0. The number of hydrogen-bond acceptors (Lipinski definition) is 1. The first kappa shape index (κ1) is 16.2. The van der Waals surface area contributed by atoms with Crippen LogP contribution in [0.4, 0.5) is 13.2 Å². The SMILES string of the molecule is CCN(CC(CBr)C(C)(C)C)CC(F)(F)F. The highest BCUT2D eigenvalue weighted by atomic mass is 79.9. The van der Waals surface area contributed by atoms with E-state index in [-0.39, 0.29) is 11.3 Å². The van der Waals surface area contributed by atoms with Gasteiger partial charge in [-0.1, -0.05) is 43.6 Å². The van der Waals surface area contributed by atoms with Gasteiger partial charge in [-0.15, -0.1) is 0 Å². The molecule has 0 fully saturated rings. The van der Waals surface area contributed by atoms with Crippen LogP contribution in [0, 0.1) is 11.3 Å². The van der Waals surface area contributed by atoms with Gasteiger partial charge in [-0.3, -0.25) is 4.90 Å². The standard InChI is InChI=1S/C11H21BrF3N/c1-5-16(8-11(13,14)15)7-9(6-12)10(2,3)4/h9H,5-8H2,1-4H3. The average molecular weight is 304 g/mol. The van der Waals surface area contributed by atoms with Gasteiger partial charge in [-0.05, 0) is 17.9 Å². The van der Waals surface area contributed by atoms with Gasteiger partial charge in [0.1, 0.15) is 0 Å². The lowest BCUT2D eigenvalue weighted by atomic mass is 9.82. The van der Waals surface area contributed by atoms with E-state index in [1.165, 1.54) is 4.90 Å². The average Bonchev–Trinajstić information content (AvgIpc) is 2.07. The molecule has 1 nitrogen and oxygen atoms in total. The summed E-state index contributed by atoms with van der Waals surface area (Å²) < 4.78 is 36.9. The van der Waals surface area contributed by atoms with Crippen molar-refractivity contribution < 1.29 is 13.2 Å². The van der Waals surface area contributed by atoms with Gasteiger partial charge >= 0.3 is 6.18 Å². The van der Waals surface area contributed by atoms with Crippen molar-refractivity contribution in [2.75, 3.05) is 25.0 Å². The summed E-state index contributed by atoms with van der Waals surface area (Å²) in [6.45, 7) is 8.02. The fourth-order valence-corrected chi connectivity index (χ4v) is 2.60. The van der Waals surface area contributed by atoms with Crippen molar-refractivity contribution in [2.45, 2.75) is 33.9 Å². The molecule has 0 bridgehead atoms. The van der Waals surface area contributed by atoms with E-state index in [9.17, 15) is 13.2 Å². The molecule has 0 aromatic heterocycles. The molecule has 0 N–H and O–H groups in total. The van der Waals surface area contributed by atoms with Gasteiger partial charge in [0.15, 0.2) is 0 Å². The van der Waals surface area contributed by atoms with E-state index in [0.29, 0.717) is 13.1 Å². The lowest BCUT2D eigenvalue weighted by Gasteiger charge is -2.34. The van der Waals surface area contributed by atoms with Crippen LogP contribution in [0.1, 0.15) is 27.7 Å². The first-order valence-corrected chi connectivity index (χ1v) is 6.57. The first-order valence-electron chi connectivity index (χ1n) is 5.45. The van der Waals surface area contributed by atoms with E-state index < -0.39 is 12.7 Å². The zero-order valence-electron chi connectivity index (χ0n) is 10.4. The maximum Gasteiger partial charge on any atom is 0.401 e. The number of nitrogens with zero attached hydrogens (tertiary/aromatic N) is 1. The minimum atomic E-state index is -4.11. The van der Waals surface area contributed by atoms with Crippen molar-refractivity contribution in [3.8, 4) is 0 Å². The van der Waals surface area contributed by atoms with E-state index in [1.54, 1.807) is 6.92 Å². The highest BCUT2D eigenvalue weighted by Gasteiger charge is 2.33. The molecule has 1 unspecified atom stereocenters. The monoisotopic (exact) mass is 303 g/mol. The maximum atomic E-state index is 12.3. The lowest BCUT2D eigenvalue weighted by Crippen LogP contribution is -2.41. The summed E-state index contributed by atoms with van der Waals surface area (Å²) in [5, 5.41) is 0.727. The van der Waals surface area contributed by atoms with Crippen LogP contribution < -0.4 is 0 Å². The topological polar surface area (TPSA) is 3.24 Å². The van der Waals surface area contributed by atoms with Crippen LogP contribution in [-0.4, -0.2) is 36.0 Å². The van der Waals surface area contributed by atoms with E-state index in [2.05, 4.69) is 36.7 Å². The van der Waals surface area contributed by atoms with Gasteiger partial charge in [0.05, 0.1) is 6.54 Å². The Morgan fingerprint density at radius 3 is 1.94 bits per heavy atom. The van der Waals surface area contributed by atoms with Crippen molar-refractivity contribution in [3.05, 3.63) is 0 Å². The molecule has 0 aliphatic heterocycles. The molecule has 0 aliphatic rings. The molecule has 0 radical (unpaired) electrons. The molecule has 0 saturated heterocycles. The van der Waals surface area contributed by atoms with Crippen molar-refractivity contribution in [3.63, 3.8) is 0 Å². The minimum Gasteiger partial charge on any atom is -0.295 e. The Balaban J connectivity index is 4.40. The minimum absolute atomic E-state index is 0.0164. The Labute approximate surface area is 105 Å². The summed E-state index contributed by atoms with van der Waals surface area (Å²) in [6, 6.07) is 0. The Morgan fingerprint density at radius 2 is 1.69 bits per heavy atom. The van der Waals surface area contributed by atoms with Crippen molar-refractivity contribution >= 4 is 15.9 Å². The largest absolute Gasteiger partial charge is 0.401 e. The molecule has 0 aliphatic carbocycles. The predicted molar refractivity (Wildman–Crippen MR) is 64.9 cm³/mol. The van der Waals surface area contributed by atoms with Gasteiger partial charge in [-0.2, -0.15) is 13.2 Å². The van der Waals surface area contributed by atoms with Crippen molar-refractivity contribution in [1.29, 1.82) is 0 Å². The second kappa shape index (κ2) is 6.24. The summed E-state index contributed by atoms with van der Waals surface area (Å²) in [7, 11) is 0. The van der Waals surface area contributed by atoms with E-state index in [0.717, 1.165) is 5.33 Å². The van der Waals surface area contributed by atoms with Crippen LogP contribution in [0.15, 0.2) is 0 Å². The summed E-state index contributed by atoms with van der Waals surface area (Å²) >= 11 is 3.38. The van der Waals surface area contributed by atoms with Gasteiger partial charge in [0.25, 0.3) is 0 Å². The fraction of sp³-hybridized carbons (Fsp3) is 1.00. The summed E-state index contributed by atoms with van der Waals surface area (Å²) in [5.41, 5.74) is 0.0164. The molecule has 0 amide bonds. The molecule has 98 valence electrons. The summed E-state index contributed by atoms with van der Waals surface area (Å²) in [5.74, 6) is 0.217. The molecule has 1 atom stereocenters. The van der Waals surface area contributed by atoms with Crippen LogP contribution in [0.3, 0.4) is 0 Å². The Kier molecular flexibility index (Phi) is 6.33. The van der Waals surface area contributed by atoms with Gasteiger partial charge < -0.3 is 0 Å². The zero-order chi connectivity index (χ0) is 13.0. The van der Waals surface area contributed by atoms with E-state index in [4.69, 9.17) is 0 Å². The molecular formula is C11H21BrF3N. The summed E-state index contributed by atoms with van der Waals surface area (Å²) in [4.78, 5) is 1.46. The summed E-state index contributed by atoms with van der Waals surface area (Å²) in [6.07, 6.45) is -4.11. The second-order valence-corrected chi connectivity index (χ2v) is 5.81. The molecule has 0 spiro atoms. The first-order chi connectivity index (χ1) is 7.10. The highest BCUT2D eigenvalue weighted by molar-refractivity contribution is 9.09. The quantitative estimate of drug-likeness (QED) is 0.696. The number of alkyl halides is 4. The van der Waals surface area contributed by atoms with Gasteiger partial charge in [-0.25, -0.2) is 0 Å². The van der Waals surface area contributed by atoms with Gasteiger partial charge in [0.2, 0.25) is 0 Å². The second-order valence-electron chi connectivity index (χ2n) is 5.16. The Bertz CT molecular complexity index is 198.